The van der Waals surface area contributed by atoms with Gasteiger partial charge in [0.2, 0.25) is 0 Å². The van der Waals surface area contributed by atoms with Crippen molar-refractivity contribution in [3.63, 3.8) is 0 Å². The summed E-state index contributed by atoms with van der Waals surface area (Å²) in [6, 6.07) is -0.774. The van der Waals surface area contributed by atoms with Crippen molar-refractivity contribution in [2.45, 2.75) is 38.1 Å². The summed E-state index contributed by atoms with van der Waals surface area (Å²) in [7, 11) is 0. The Morgan fingerprint density at radius 1 is 1.22 bits per heavy atom. The van der Waals surface area contributed by atoms with Crippen LogP contribution in [0.3, 0.4) is 0 Å². The number of piperidine rings is 1. The van der Waals surface area contributed by atoms with Crippen molar-refractivity contribution in [3.8, 4) is 0 Å². The minimum atomic E-state index is -0.898. The molecule has 2 rings (SSSR count). The number of hydrogen-bond acceptors (Lipinski definition) is 3. The first-order valence-corrected chi connectivity index (χ1v) is 7.47. The average molecular weight is 272 g/mol. The second kappa shape index (κ2) is 5.38. The van der Waals surface area contributed by atoms with Gasteiger partial charge in [0.05, 0.1) is 5.37 Å². The molecule has 6 heteroatoms. The van der Waals surface area contributed by atoms with Crippen LogP contribution >= 0.6 is 11.8 Å². The topological polar surface area (TPSA) is 60.9 Å². The monoisotopic (exact) mass is 272 g/mol. The lowest BCUT2D eigenvalue weighted by molar-refractivity contribution is -0.141. The number of likely N-dealkylation sites (tertiary alicyclic amines) is 1. The van der Waals surface area contributed by atoms with E-state index >= 15 is 0 Å². The van der Waals surface area contributed by atoms with E-state index in [9.17, 15) is 9.59 Å². The molecule has 5 nitrogen and oxygen atoms in total. The third-order valence-electron chi connectivity index (χ3n) is 3.78. The number of carbonyl (C=O) groups excluding carboxylic acids is 1. The van der Waals surface area contributed by atoms with Gasteiger partial charge in [0.25, 0.3) is 0 Å². The highest BCUT2D eigenvalue weighted by molar-refractivity contribution is 8.00. The van der Waals surface area contributed by atoms with Crippen molar-refractivity contribution in [3.05, 3.63) is 0 Å². The fourth-order valence-electron chi connectivity index (χ4n) is 2.49. The van der Waals surface area contributed by atoms with Crippen molar-refractivity contribution in [1.82, 2.24) is 9.80 Å². The lowest BCUT2D eigenvalue weighted by Gasteiger charge is -2.36. The van der Waals surface area contributed by atoms with Crippen LogP contribution < -0.4 is 0 Å². The van der Waals surface area contributed by atoms with Gasteiger partial charge in [-0.2, -0.15) is 0 Å². The molecule has 0 aliphatic carbocycles. The lowest BCUT2D eigenvalue weighted by Crippen LogP contribution is -2.52. The molecule has 2 aliphatic heterocycles. The number of carboxylic acid groups (broad SMARTS) is 1. The number of aliphatic carboxylic acids is 1. The number of carboxylic acids is 1. The fourth-order valence-corrected chi connectivity index (χ4v) is 3.65. The number of nitrogens with zero attached hydrogens (tertiary/aromatic N) is 2. The molecule has 18 heavy (non-hydrogen) atoms. The van der Waals surface area contributed by atoms with Gasteiger partial charge >= 0.3 is 12.0 Å². The Bertz CT molecular complexity index is 342. The molecule has 2 amide bonds. The maximum atomic E-state index is 12.4. The van der Waals surface area contributed by atoms with Crippen LogP contribution in [0.5, 0.6) is 0 Å². The van der Waals surface area contributed by atoms with Crippen molar-refractivity contribution >= 4 is 23.8 Å². The molecule has 0 radical (unpaired) electrons. The summed E-state index contributed by atoms with van der Waals surface area (Å²) in [6.45, 7) is 5.59. The second-order valence-corrected chi connectivity index (χ2v) is 6.49. The molecule has 0 aromatic rings. The van der Waals surface area contributed by atoms with Crippen LogP contribution in [0.15, 0.2) is 0 Å². The number of rotatable bonds is 1. The molecule has 2 fully saturated rings. The normalized spacial score (nSPS) is 29.7. The van der Waals surface area contributed by atoms with Crippen molar-refractivity contribution < 1.29 is 14.7 Å². The third kappa shape index (κ3) is 2.58. The van der Waals surface area contributed by atoms with Gasteiger partial charge in [-0.25, -0.2) is 9.59 Å². The third-order valence-corrected chi connectivity index (χ3v) is 5.00. The lowest BCUT2D eigenvalue weighted by atomic mass is 9.99. The minimum absolute atomic E-state index is 0.0436. The van der Waals surface area contributed by atoms with Crippen molar-refractivity contribution in [2.24, 2.45) is 5.92 Å². The standard InChI is InChI=1S/C12H20N2O3S/c1-8-3-5-13(6-4-8)12(17)14-9(2)18-7-10(14)11(15)16/h8-10H,3-7H2,1-2H3,(H,15,16). The summed E-state index contributed by atoms with van der Waals surface area (Å²) in [5.74, 6) is 0.257. The quantitative estimate of drug-likeness (QED) is 0.789. The Labute approximate surface area is 112 Å². The van der Waals surface area contributed by atoms with Crippen LogP contribution in [-0.4, -0.2) is 57.2 Å². The summed E-state index contributed by atoms with van der Waals surface area (Å²) < 4.78 is 0. The molecule has 0 bridgehead atoms. The Morgan fingerprint density at radius 3 is 2.39 bits per heavy atom. The first-order chi connectivity index (χ1) is 8.50. The van der Waals surface area contributed by atoms with Gasteiger partial charge < -0.3 is 10.0 Å². The largest absolute Gasteiger partial charge is 0.480 e. The number of carbonyl (C=O) groups is 2. The van der Waals surface area contributed by atoms with Gasteiger partial charge in [-0.1, -0.05) is 6.92 Å². The summed E-state index contributed by atoms with van der Waals surface area (Å²) in [4.78, 5) is 26.9. The molecular formula is C12H20N2O3S. The molecule has 2 aliphatic rings. The van der Waals surface area contributed by atoms with E-state index in [4.69, 9.17) is 5.11 Å². The Kier molecular flexibility index (Phi) is 4.04. The number of thioether (sulfide) groups is 1. The van der Waals surface area contributed by atoms with Gasteiger partial charge in [-0.15, -0.1) is 11.8 Å². The molecular weight excluding hydrogens is 252 g/mol. The molecule has 0 aromatic heterocycles. The zero-order valence-electron chi connectivity index (χ0n) is 10.8. The molecule has 0 aromatic carbocycles. The molecule has 2 unspecified atom stereocenters. The highest BCUT2D eigenvalue weighted by Gasteiger charge is 2.41. The Balaban J connectivity index is 2.04. The van der Waals surface area contributed by atoms with Crippen molar-refractivity contribution in [1.29, 1.82) is 0 Å². The predicted octanol–water partition coefficient (Wildman–Crippen LogP) is 1.69. The van der Waals surface area contributed by atoms with E-state index in [0.29, 0.717) is 11.7 Å². The summed E-state index contributed by atoms with van der Waals surface area (Å²) in [6.07, 6.45) is 2.03. The van der Waals surface area contributed by atoms with Crippen molar-refractivity contribution in [2.75, 3.05) is 18.8 Å². The van der Waals surface area contributed by atoms with E-state index < -0.39 is 12.0 Å². The van der Waals surface area contributed by atoms with Gasteiger partial charge in [0.1, 0.15) is 6.04 Å². The van der Waals surface area contributed by atoms with E-state index in [1.54, 1.807) is 4.90 Å². The summed E-state index contributed by atoms with van der Waals surface area (Å²) in [5, 5.41) is 9.12. The van der Waals surface area contributed by atoms with Crippen LogP contribution in [0.4, 0.5) is 4.79 Å². The van der Waals surface area contributed by atoms with E-state index in [2.05, 4.69) is 6.92 Å². The SMILES string of the molecule is CC1CCN(C(=O)N2C(C)SCC2C(=O)O)CC1. The Hall–Kier alpha value is -0.910. The molecule has 0 spiro atoms. The fraction of sp³-hybridized carbons (Fsp3) is 0.833. The number of amides is 2. The first kappa shape index (κ1) is 13.5. The van der Waals surface area contributed by atoms with Gasteiger partial charge in [-0.05, 0) is 25.7 Å². The molecule has 2 heterocycles. The molecule has 2 atom stereocenters. The van der Waals surface area contributed by atoms with Gasteiger partial charge in [0, 0.05) is 18.8 Å². The van der Waals surface area contributed by atoms with E-state index in [1.807, 2.05) is 6.92 Å². The van der Waals surface area contributed by atoms with Gasteiger partial charge in [0.15, 0.2) is 0 Å². The average Bonchev–Trinajstić information content (AvgIpc) is 2.71. The van der Waals surface area contributed by atoms with Crippen LogP contribution in [-0.2, 0) is 4.79 Å². The second-order valence-electron chi connectivity index (χ2n) is 5.15. The van der Waals surface area contributed by atoms with Gasteiger partial charge in [-0.3, -0.25) is 4.90 Å². The zero-order valence-corrected chi connectivity index (χ0v) is 11.7. The van der Waals surface area contributed by atoms with Crippen LogP contribution in [0, 0.1) is 5.92 Å². The highest BCUT2D eigenvalue weighted by Crippen LogP contribution is 2.30. The minimum Gasteiger partial charge on any atom is -0.480 e. The Morgan fingerprint density at radius 2 is 1.83 bits per heavy atom. The first-order valence-electron chi connectivity index (χ1n) is 6.42. The zero-order chi connectivity index (χ0) is 13.3. The smallest absolute Gasteiger partial charge is 0.327 e. The molecule has 1 N–H and O–H groups in total. The maximum Gasteiger partial charge on any atom is 0.327 e. The summed E-state index contributed by atoms with van der Waals surface area (Å²) in [5.41, 5.74) is 0. The molecule has 0 saturated carbocycles. The van der Waals surface area contributed by atoms with E-state index in [0.717, 1.165) is 25.9 Å². The number of urea groups is 1. The highest BCUT2D eigenvalue weighted by atomic mass is 32.2. The van der Waals surface area contributed by atoms with Crippen LogP contribution in [0.25, 0.3) is 0 Å². The number of hydrogen-bond donors (Lipinski definition) is 1. The molecule has 2 saturated heterocycles. The van der Waals surface area contributed by atoms with E-state index in [-0.39, 0.29) is 11.4 Å². The predicted molar refractivity (Wildman–Crippen MR) is 70.5 cm³/mol. The maximum absolute atomic E-state index is 12.4. The summed E-state index contributed by atoms with van der Waals surface area (Å²) >= 11 is 1.53. The molecule has 102 valence electrons. The van der Waals surface area contributed by atoms with Crippen LogP contribution in [0.1, 0.15) is 26.7 Å². The van der Waals surface area contributed by atoms with E-state index in [1.165, 1.54) is 16.7 Å². The van der Waals surface area contributed by atoms with Crippen LogP contribution in [0.2, 0.25) is 0 Å².